The van der Waals surface area contributed by atoms with Crippen LogP contribution in [0, 0.1) is 16.2 Å². The molecule has 3 fully saturated rings. The van der Waals surface area contributed by atoms with Gasteiger partial charge in [-0.2, -0.15) is 0 Å². The summed E-state index contributed by atoms with van der Waals surface area (Å²) in [6, 6.07) is 44.1. The van der Waals surface area contributed by atoms with Crippen LogP contribution in [0.5, 0.6) is 0 Å². The van der Waals surface area contributed by atoms with Crippen LogP contribution < -0.4 is 5.32 Å². The lowest BCUT2D eigenvalue weighted by Crippen LogP contribution is -2.54. The van der Waals surface area contributed by atoms with Crippen LogP contribution in [0.4, 0.5) is 0 Å². The standard InChI is InChI=1S/2C18H21N.C5H11N/c2*1-18(2)13-19(14-18)17(15-9-5-3-6-10-15)16-11-7-4-8-12-16;1-5(2)3-6-4-5/h2*3-12,17H,13-14H2,1-2H3;6H,3-4H2,1-2H3. The third-order valence-corrected chi connectivity index (χ3v) is 8.92. The predicted octanol–water partition coefficient (Wildman–Crippen LogP) is 8.85. The Morgan fingerprint density at radius 3 is 0.795 bits per heavy atom. The van der Waals surface area contributed by atoms with Crippen LogP contribution in [0.25, 0.3) is 0 Å². The van der Waals surface area contributed by atoms with E-state index in [1.807, 2.05) is 0 Å². The molecular weight excluding hydrogens is 534 g/mol. The zero-order chi connectivity index (χ0) is 31.2. The van der Waals surface area contributed by atoms with Gasteiger partial charge < -0.3 is 5.32 Å². The van der Waals surface area contributed by atoms with Gasteiger partial charge in [0.15, 0.2) is 0 Å². The molecule has 4 aromatic carbocycles. The highest BCUT2D eigenvalue weighted by molar-refractivity contribution is 5.34. The fourth-order valence-corrected chi connectivity index (χ4v) is 6.87. The number of rotatable bonds is 6. The molecule has 0 bridgehead atoms. The summed E-state index contributed by atoms with van der Waals surface area (Å²) < 4.78 is 0. The van der Waals surface area contributed by atoms with Gasteiger partial charge in [-0.3, -0.25) is 9.80 Å². The number of benzene rings is 4. The average Bonchev–Trinajstić information content (AvgIpc) is 2.98. The van der Waals surface area contributed by atoms with Crippen molar-refractivity contribution in [2.75, 3.05) is 39.3 Å². The zero-order valence-corrected chi connectivity index (χ0v) is 27.8. The van der Waals surface area contributed by atoms with Crippen LogP contribution in [0.1, 0.15) is 75.9 Å². The van der Waals surface area contributed by atoms with Crippen molar-refractivity contribution in [1.29, 1.82) is 0 Å². The number of nitrogens with one attached hydrogen (secondary N) is 1. The van der Waals surface area contributed by atoms with E-state index in [1.165, 1.54) is 61.5 Å². The van der Waals surface area contributed by atoms with Crippen molar-refractivity contribution in [2.24, 2.45) is 16.2 Å². The molecule has 0 aromatic heterocycles. The second kappa shape index (κ2) is 13.8. The monoisotopic (exact) mass is 587 g/mol. The fourth-order valence-electron chi connectivity index (χ4n) is 6.87. The average molecular weight is 588 g/mol. The molecule has 232 valence electrons. The molecule has 3 heterocycles. The Labute approximate surface area is 267 Å². The van der Waals surface area contributed by atoms with Gasteiger partial charge in [0.2, 0.25) is 0 Å². The maximum atomic E-state index is 3.20. The first-order valence-corrected chi connectivity index (χ1v) is 16.4. The number of nitrogens with zero attached hydrogens (tertiary/aromatic N) is 2. The highest BCUT2D eigenvalue weighted by Crippen LogP contribution is 2.40. The molecular formula is C41H53N3. The lowest BCUT2D eigenvalue weighted by molar-refractivity contribution is 0.00584. The Kier molecular flexibility index (Phi) is 10.1. The molecule has 0 atom stereocenters. The van der Waals surface area contributed by atoms with Gasteiger partial charge in [-0.25, -0.2) is 0 Å². The van der Waals surface area contributed by atoms with Crippen LogP contribution in [0.15, 0.2) is 121 Å². The smallest absolute Gasteiger partial charge is 0.0602 e. The molecule has 3 saturated heterocycles. The number of hydrogen-bond donors (Lipinski definition) is 1. The molecule has 44 heavy (non-hydrogen) atoms. The summed E-state index contributed by atoms with van der Waals surface area (Å²) >= 11 is 0. The second-order valence-electron chi connectivity index (χ2n) is 15.4. The molecule has 0 aliphatic carbocycles. The van der Waals surface area contributed by atoms with Gasteiger partial charge in [0.25, 0.3) is 0 Å². The van der Waals surface area contributed by atoms with E-state index >= 15 is 0 Å². The third-order valence-electron chi connectivity index (χ3n) is 8.92. The quantitative estimate of drug-likeness (QED) is 0.243. The molecule has 0 unspecified atom stereocenters. The first kappa shape index (κ1) is 32.2. The van der Waals surface area contributed by atoms with Crippen LogP contribution >= 0.6 is 0 Å². The van der Waals surface area contributed by atoms with Gasteiger partial charge in [-0.15, -0.1) is 0 Å². The summed E-state index contributed by atoms with van der Waals surface area (Å²) in [4.78, 5) is 5.15. The van der Waals surface area contributed by atoms with Gasteiger partial charge in [-0.1, -0.05) is 163 Å². The Hall–Kier alpha value is -3.24. The van der Waals surface area contributed by atoms with E-state index in [-0.39, 0.29) is 0 Å². The first-order chi connectivity index (χ1) is 21.0. The van der Waals surface area contributed by atoms with Crippen LogP contribution in [-0.2, 0) is 0 Å². The molecule has 0 radical (unpaired) electrons. The highest BCUT2D eigenvalue weighted by Gasteiger charge is 2.40. The minimum atomic E-state index is 0.399. The molecule has 7 rings (SSSR count). The summed E-state index contributed by atoms with van der Waals surface area (Å²) in [5.74, 6) is 0. The van der Waals surface area contributed by atoms with Gasteiger partial charge in [0, 0.05) is 39.3 Å². The van der Waals surface area contributed by atoms with Crippen molar-refractivity contribution >= 4 is 0 Å². The second-order valence-corrected chi connectivity index (χ2v) is 15.4. The lowest BCUT2D eigenvalue weighted by Gasteiger charge is -2.50. The summed E-state index contributed by atoms with van der Waals surface area (Å²) in [6.45, 7) is 21.0. The molecule has 1 N–H and O–H groups in total. The van der Waals surface area contributed by atoms with E-state index < -0.39 is 0 Å². The fraction of sp³-hybridized carbons (Fsp3) is 0.415. The Morgan fingerprint density at radius 2 is 0.636 bits per heavy atom. The normalized spacial score (nSPS) is 19.7. The summed E-state index contributed by atoms with van der Waals surface area (Å²) in [7, 11) is 0. The van der Waals surface area contributed by atoms with E-state index in [2.05, 4.69) is 178 Å². The van der Waals surface area contributed by atoms with Crippen LogP contribution in [0.2, 0.25) is 0 Å². The maximum Gasteiger partial charge on any atom is 0.0602 e. The van der Waals surface area contributed by atoms with Crippen molar-refractivity contribution < 1.29 is 0 Å². The number of likely N-dealkylation sites (tertiary alicyclic amines) is 2. The Bertz CT molecular complexity index is 1210. The van der Waals surface area contributed by atoms with Gasteiger partial charge >= 0.3 is 0 Å². The molecule has 4 aromatic rings. The van der Waals surface area contributed by atoms with E-state index in [1.54, 1.807) is 0 Å². The molecule has 3 aliphatic rings. The molecule has 0 amide bonds. The van der Waals surface area contributed by atoms with Crippen molar-refractivity contribution in [2.45, 2.75) is 53.6 Å². The molecule has 3 heteroatoms. The summed E-state index contributed by atoms with van der Waals surface area (Å²) in [5, 5.41) is 3.20. The number of hydrogen-bond acceptors (Lipinski definition) is 3. The summed E-state index contributed by atoms with van der Waals surface area (Å²) in [6.07, 6.45) is 0. The lowest BCUT2D eigenvalue weighted by atomic mass is 9.81. The van der Waals surface area contributed by atoms with Crippen molar-refractivity contribution in [1.82, 2.24) is 15.1 Å². The third kappa shape index (κ3) is 8.47. The van der Waals surface area contributed by atoms with Crippen molar-refractivity contribution in [3.63, 3.8) is 0 Å². The van der Waals surface area contributed by atoms with Crippen LogP contribution in [-0.4, -0.2) is 49.1 Å². The van der Waals surface area contributed by atoms with Crippen LogP contribution in [0.3, 0.4) is 0 Å². The molecule has 3 aliphatic heterocycles. The van der Waals surface area contributed by atoms with Gasteiger partial charge in [0.1, 0.15) is 0 Å². The van der Waals surface area contributed by atoms with Gasteiger partial charge in [0.05, 0.1) is 12.1 Å². The molecule has 0 saturated carbocycles. The maximum absolute atomic E-state index is 3.20. The predicted molar refractivity (Wildman–Crippen MR) is 187 cm³/mol. The van der Waals surface area contributed by atoms with E-state index in [4.69, 9.17) is 0 Å². The molecule has 3 nitrogen and oxygen atoms in total. The SMILES string of the molecule is CC1(C)CN(C(c2ccccc2)c2ccccc2)C1.CC1(C)CN(C(c2ccccc2)c2ccccc2)C1.CC1(C)CNC1. The van der Waals surface area contributed by atoms with E-state index in [9.17, 15) is 0 Å². The highest BCUT2D eigenvalue weighted by atomic mass is 15.2. The van der Waals surface area contributed by atoms with E-state index in [0.29, 0.717) is 28.3 Å². The summed E-state index contributed by atoms with van der Waals surface area (Å²) in [5.41, 5.74) is 7.10. The molecule has 0 spiro atoms. The topological polar surface area (TPSA) is 18.5 Å². The minimum Gasteiger partial charge on any atom is -0.316 e. The minimum absolute atomic E-state index is 0.399. The van der Waals surface area contributed by atoms with Gasteiger partial charge in [-0.05, 0) is 38.5 Å². The first-order valence-electron chi connectivity index (χ1n) is 16.4. The zero-order valence-electron chi connectivity index (χ0n) is 27.8. The Balaban J connectivity index is 0.000000147. The Morgan fingerprint density at radius 1 is 0.409 bits per heavy atom. The van der Waals surface area contributed by atoms with Crippen molar-refractivity contribution in [3.8, 4) is 0 Å². The largest absolute Gasteiger partial charge is 0.316 e. The van der Waals surface area contributed by atoms with E-state index in [0.717, 1.165) is 0 Å². The van der Waals surface area contributed by atoms with Crippen molar-refractivity contribution in [3.05, 3.63) is 144 Å².